The van der Waals surface area contributed by atoms with Gasteiger partial charge in [0.2, 0.25) is 5.91 Å². The number of nitrogens with one attached hydrogen (secondary N) is 1. The van der Waals surface area contributed by atoms with Crippen molar-refractivity contribution in [3.05, 3.63) is 82.4 Å². The van der Waals surface area contributed by atoms with Gasteiger partial charge in [0.05, 0.1) is 32.8 Å². The molecule has 0 saturated carbocycles. The Hall–Kier alpha value is -3.38. The first kappa shape index (κ1) is 24.7. The van der Waals surface area contributed by atoms with Crippen LogP contribution in [0.15, 0.2) is 60.7 Å². The number of halogens is 1. The maximum atomic E-state index is 13.5. The summed E-state index contributed by atoms with van der Waals surface area (Å²) in [6, 6.07) is 18.5. The highest BCUT2D eigenvalue weighted by atomic mass is 35.5. The van der Waals surface area contributed by atoms with E-state index in [1.165, 1.54) is 0 Å². The van der Waals surface area contributed by atoms with Crippen LogP contribution in [0.1, 0.15) is 49.1 Å². The average molecular weight is 496 g/mol. The zero-order chi connectivity index (χ0) is 25.2. The van der Waals surface area contributed by atoms with Crippen LogP contribution >= 0.6 is 11.6 Å². The largest absolute Gasteiger partial charge is 0.497 e. The van der Waals surface area contributed by atoms with Crippen molar-refractivity contribution in [2.24, 2.45) is 0 Å². The van der Waals surface area contributed by atoms with Crippen molar-refractivity contribution >= 4 is 17.5 Å². The standard InChI is InChI=1S/C28H30ClNO5/c1-28(2,18-7-9-19(29)10-8-18)27(31)30-22-16-24(17-6-13-23(33-4)26(14-17)34-5)35-25-15-20(32-3)11-12-21(22)25/h6-15,22,24H,16H2,1-5H3,(H,30,31)/t22?,24-/m0/s1. The lowest BCUT2D eigenvalue weighted by Crippen LogP contribution is -2.43. The van der Waals surface area contributed by atoms with Crippen LogP contribution in [-0.4, -0.2) is 27.2 Å². The number of hydrogen-bond donors (Lipinski definition) is 1. The lowest BCUT2D eigenvalue weighted by molar-refractivity contribution is -0.126. The fourth-order valence-electron chi connectivity index (χ4n) is 4.30. The number of benzene rings is 3. The lowest BCUT2D eigenvalue weighted by atomic mass is 9.82. The molecule has 1 aliphatic rings. The third-order valence-corrected chi connectivity index (χ3v) is 6.79. The van der Waals surface area contributed by atoms with Crippen molar-refractivity contribution in [3.63, 3.8) is 0 Å². The summed E-state index contributed by atoms with van der Waals surface area (Å²) in [5.74, 6) is 2.53. The highest BCUT2D eigenvalue weighted by Gasteiger charge is 2.36. The van der Waals surface area contributed by atoms with Crippen LogP contribution in [0, 0.1) is 0 Å². The highest BCUT2D eigenvalue weighted by molar-refractivity contribution is 6.30. The van der Waals surface area contributed by atoms with Gasteiger partial charge in [-0.15, -0.1) is 0 Å². The summed E-state index contributed by atoms with van der Waals surface area (Å²) in [4.78, 5) is 13.5. The van der Waals surface area contributed by atoms with E-state index in [2.05, 4.69) is 5.32 Å². The molecule has 1 N–H and O–H groups in total. The van der Waals surface area contributed by atoms with Crippen LogP contribution in [0.4, 0.5) is 0 Å². The molecular formula is C28H30ClNO5. The number of ether oxygens (including phenoxy) is 4. The van der Waals surface area contributed by atoms with Crippen molar-refractivity contribution in [2.75, 3.05) is 21.3 Å². The fourth-order valence-corrected chi connectivity index (χ4v) is 4.43. The summed E-state index contributed by atoms with van der Waals surface area (Å²) in [5, 5.41) is 3.90. The Balaban J connectivity index is 1.66. The predicted octanol–water partition coefficient (Wildman–Crippen LogP) is 6.02. The van der Waals surface area contributed by atoms with Crippen LogP contribution in [0.3, 0.4) is 0 Å². The number of rotatable bonds is 7. The molecule has 0 fully saturated rings. The van der Waals surface area contributed by atoms with E-state index < -0.39 is 5.41 Å². The van der Waals surface area contributed by atoms with E-state index in [-0.39, 0.29) is 18.1 Å². The quantitative estimate of drug-likeness (QED) is 0.434. The van der Waals surface area contributed by atoms with Gasteiger partial charge in [-0.05, 0) is 61.4 Å². The summed E-state index contributed by atoms with van der Waals surface area (Å²) in [6.45, 7) is 3.82. The molecule has 1 amide bonds. The van der Waals surface area contributed by atoms with Gasteiger partial charge in [0, 0.05) is 23.1 Å². The van der Waals surface area contributed by atoms with E-state index >= 15 is 0 Å². The van der Waals surface area contributed by atoms with Gasteiger partial charge in [-0.2, -0.15) is 0 Å². The van der Waals surface area contributed by atoms with Gasteiger partial charge in [-0.3, -0.25) is 4.79 Å². The summed E-state index contributed by atoms with van der Waals surface area (Å²) in [6.07, 6.45) is 0.246. The molecule has 1 aliphatic heterocycles. The molecule has 0 saturated heterocycles. The third kappa shape index (κ3) is 5.03. The summed E-state index contributed by atoms with van der Waals surface area (Å²) in [7, 11) is 4.82. The van der Waals surface area contributed by atoms with Gasteiger partial charge in [-0.25, -0.2) is 0 Å². The van der Waals surface area contributed by atoms with E-state index in [9.17, 15) is 4.79 Å². The molecule has 0 aliphatic carbocycles. The summed E-state index contributed by atoms with van der Waals surface area (Å²) < 4.78 is 22.7. The average Bonchev–Trinajstić information content (AvgIpc) is 2.87. The van der Waals surface area contributed by atoms with Crippen molar-refractivity contribution in [2.45, 2.75) is 37.8 Å². The molecule has 0 aromatic heterocycles. The number of carbonyl (C=O) groups excluding carboxylic acids is 1. The van der Waals surface area contributed by atoms with Crippen LogP contribution in [-0.2, 0) is 10.2 Å². The molecule has 0 bridgehead atoms. The van der Waals surface area contributed by atoms with Gasteiger partial charge in [0.15, 0.2) is 11.5 Å². The van der Waals surface area contributed by atoms with Crippen LogP contribution < -0.4 is 24.3 Å². The predicted molar refractivity (Wildman–Crippen MR) is 136 cm³/mol. The molecule has 7 heteroatoms. The van der Waals surface area contributed by atoms with Gasteiger partial charge in [0.1, 0.15) is 17.6 Å². The molecule has 0 radical (unpaired) electrons. The number of carbonyl (C=O) groups is 1. The fraction of sp³-hybridized carbons (Fsp3) is 0.321. The molecular weight excluding hydrogens is 466 g/mol. The summed E-state index contributed by atoms with van der Waals surface area (Å²) in [5.41, 5.74) is 1.96. The van der Waals surface area contributed by atoms with Crippen molar-refractivity contribution in [1.29, 1.82) is 0 Å². The smallest absolute Gasteiger partial charge is 0.230 e. The van der Waals surface area contributed by atoms with E-state index in [4.69, 9.17) is 30.5 Å². The maximum absolute atomic E-state index is 13.5. The Kier molecular flexibility index (Phi) is 7.13. The van der Waals surface area contributed by atoms with E-state index in [1.807, 2.05) is 62.4 Å². The molecule has 6 nitrogen and oxygen atoms in total. The normalized spacial score (nSPS) is 17.1. The highest BCUT2D eigenvalue weighted by Crippen LogP contribution is 2.44. The SMILES string of the molecule is COc1ccc2c(c1)O[C@H](c1ccc(OC)c(OC)c1)CC2NC(=O)C(C)(C)c1ccc(Cl)cc1. The second kappa shape index (κ2) is 10.1. The number of methoxy groups -OCH3 is 3. The molecule has 3 aromatic rings. The van der Waals surface area contributed by atoms with Gasteiger partial charge in [-0.1, -0.05) is 29.8 Å². The minimum absolute atomic E-state index is 0.0837. The zero-order valence-corrected chi connectivity index (χ0v) is 21.3. The molecule has 1 unspecified atom stereocenters. The molecule has 1 heterocycles. The van der Waals surface area contributed by atoms with Crippen LogP contribution in [0.2, 0.25) is 5.02 Å². The summed E-state index contributed by atoms with van der Waals surface area (Å²) >= 11 is 6.05. The van der Waals surface area contributed by atoms with Crippen molar-refractivity contribution in [3.8, 4) is 23.0 Å². The number of fused-ring (bicyclic) bond motifs is 1. The number of amides is 1. The van der Waals surface area contributed by atoms with Crippen LogP contribution in [0.5, 0.6) is 23.0 Å². The van der Waals surface area contributed by atoms with E-state index in [1.54, 1.807) is 33.5 Å². The monoisotopic (exact) mass is 495 g/mol. The van der Waals surface area contributed by atoms with E-state index in [0.29, 0.717) is 34.4 Å². The van der Waals surface area contributed by atoms with Gasteiger partial charge < -0.3 is 24.3 Å². The third-order valence-electron chi connectivity index (χ3n) is 6.53. The first-order valence-corrected chi connectivity index (χ1v) is 11.8. The molecule has 4 rings (SSSR count). The van der Waals surface area contributed by atoms with Gasteiger partial charge >= 0.3 is 0 Å². The topological polar surface area (TPSA) is 66.0 Å². The molecule has 2 atom stereocenters. The first-order chi connectivity index (χ1) is 16.8. The van der Waals surface area contributed by atoms with Gasteiger partial charge in [0.25, 0.3) is 0 Å². The molecule has 184 valence electrons. The van der Waals surface area contributed by atoms with Crippen molar-refractivity contribution < 1.29 is 23.7 Å². The Bertz CT molecular complexity index is 1210. The number of hydrogen-bond acceptors (Lipinski definition) is 5. The zero-order valence-electron chi connectivity index (χ0n) is 20.6. The lowest BCUT2D eigenvalue weighted by Gasteiger charge is -2.35. The molecule has 35 heavy (non-hydrogen) atoms. The Morgan fingerprint density at radius 1 is 0.943 bits per heavy atom. The molecule has 0 spiro atoms. The maximum Gasteiger partial charge on any atom is 0.230 e. The van der Waals surface area contributed by atoms with Crippen molar-refractivity contribution in [1.82, 2.24) is 5.32 Å². The first-order valence-electron chi connectivity index (χ1n) is 11.4. The van der Waals surface area contributed by atoms with E-state index in [0.717, 1.165) is 16.7 Å². The second-order valence-electron chi connectivity index (χ2n) is 9.02. The Labute approximate surface area is 211 Å². The minimum atomic E-state index is -0.756. The Morgan fingerprint density at radius 2 is 1.66 bits per heavy atom. The Morgan fingerprint density at radius 3 is 2.31 bits per heavy atom. The van der Waals surface area contributed by atoms with Crippen LogP contribution in [0.25, 0.3) is 0 Å². The second-order valence-corrected chi connectivity index (χ2v) is 9.45. The molecule has 3 aromatic carbocycles. The minimum Gasteiger partial charge on any atom is -0.497 e.